The zero-order valence-corrected chi connectivity index (χ0v) is 41.8. The molecule has 8 nitrogen and oxygen atoms in total. The number of ether oxygens (including phenoxy) is 2. The van der Waals surface area contributed by atoms with E-state index in [1.807, 2.05) is 12.1 Å². The standard InChI is InChI=1S/2C25H42O4.Ba/c2*1-2-3-4-5-12-17-24(29-21-22-14-9-8-10-15-22)18-13-7-6-11-16-23(26)19-20-25(27)28;/h2*8-10,14-15,23-24,26H,2-7,11-13,16-21H2,1H3,(H,27,28);/q;;+2/p-2. The van der Waals surface area contributed by atoms with Gasteiger partial charge in [-0.05, 0) is 75.3 Å². The Kier molecular flexibility index (Phi) is 41.2. The van der Waals surface area contributed by atoms with Crippen LogP contribution in [0.2, 0.25) is 0 Å². The third-order valence-corrected chi connectivity index (χ3v) is 10.9. The van der Waals surface area contributed by atoms with E-state index < -0.39 is 24.1 Å². The Bertz CT molecular complexity index is 1110. The van der Waals surface area contributed by atoms with Gasteiger partial charge in [0.05, 0.1) is 37.6 Å². The summed E-state index contributed by atoms with van der Waals surface area (Å²) in [7, 11) is 0. The van der Waals surface area contributed by atoms with E-state index in [0.29, 0.717) is 51.1 Å². The third kappa shape index (κ3) is 38.2. The molecule has 0 saturated heterocycles. The Morgan fingerprint density at radius 3 is 1.03 bits per heavy atom. The van der Waals surface area contributed by atoms with Crippen molar-refractivity contribution in [1.29, 1.82) is 0 Å². The van der Waals surface area contributed by atoms with Crippen molar-refractivity contribution in [3.8, 4) is 0 Å². The van der Waals surface area contributed by atoms with Gasteiger partial charge >= 0.3 is 48.9 Å². The average molecular weight is 949 g/mol. The van der Waals surface area contributed by atoms with Crippen molar-refractivity contribution in [2.75, 3.05) is 0 Å². The summed E-state index contributed by atoms with van der Waals surface area (Å²) in [4.78, 5) is 20.8. The molecular formula is C50H82BaO8. The van der Waals surface area contributed by atoms with E-state index in [4.69, 9.17) is 9.47 Å². The number of carbonyl (C=O) groups excluding carboxylic acids is 2. The molecule has 0 radical (unpaired) electrons. The van der Waals surface area contributed by atoms with E-state index in [9.17, 15) is 30.0 Å². The maximum absolute atomic E-state index is 10.4. The van der Waals surface area contributed by atoms with Gasteiger partial charge in [0.1, 0.15) is 0 Å². The average Bonchev–Trinajstić information content (AvgIpc) is 3.22. The molecule has 332 valence electrons. The van der Waals surface area contributed by atoms with Crippen LogP contribution in [0.5, 0.6) is 0 Å². The third-order valence-electron chi connectivity index (χ3n) is 10.9. The quantitative estimate of drug-likeness (QED) is 0.0501. The molecule has 0 spiro atoms. The van der Waals surface area contributed by atoms with Crippen LogP contribution < -0.4 is 10.2 Å². The normalized spacial score (nSPS) is 13.1. The van der Waals surface area contributed by atoms with Crippen LogP contribution >= 0.6 is 0 Å². The molecule has 0 heterocycles. The molecule has 4 atom stereocenters. The number of carboxylic acid groups (broad SMARTS) is 2. The largest absolute Gasteiger partial charge is 2.00 e. The number of hydrogen-bond acceptors (Lipinski definition) is 8. The van der Waals surface area contributed by atoms with Crippen LogP contribution in [0, 0.1) is 0 Å². The van der Waals surface area contributed by atoms with Gasteiger partial charge in [-0.3, -0.25) is 0 Å². The summed E-state index contributed by atoms with van der Waals surface area (Å²) in [6.45, 7) is 5.86. The molecule has 0 aliphatic heterocycles. The van der Waals surface area contributed by atoms with E-state index in [2.05, 4.69) is 62.4 Å². The van der Waals surface area contributed by atoms with E-state index in [1.54, 1.807) is 0 Å². The zero-order chi connectivity index (χ0) is 42.3. The van der Waals surface area contributed by atoms with Crippen molar-refractivity contribution < 1.29 is 39.5 Å². The Morgan fingerprint density at radius 2 is 0.746 bits per heavy atom. The number of benzene rings is 2. The van der Waals surface area contributed by atoms with E-state index in [0.717, 1.165) is 77.0 Å². The first kappa shape index (κ1) is 57.8. The molecule has 2 rings (SSSR count). The molecule has 0 fully saturated rings. The summed E-state index contributed by atoms with van der Waals surface area (Å²) < 4.78 is 12.5. The summed E-state index contributed by atoms with van der Waals surface area (Å²) in [5.41, 5.74) is 2.46. The van der Waals surface area contributed by atoms with Gasteiger partial charge in [-0.15, -0.1) is 0 Å². The molecule has 0 amide bonds. The van der Waals surface area contributed by atoms with Crippen LogP contribution in [0.1, 0.15) is 205 Å². The first-order valence-electron chi connectivity index (χ1n) is 23.3. The van der Waals surface area contributed by atoms with E-state index in [1.165, 1.54) is 75.3 Å². The maximum Gasteiger partial charge on any atom is 2.00 e. The van der Waals surface area contributed by atoms with Crippen molar-refractivity contribution in [2.45, 2.75) is 231 Å². The van der Waals surface area contributed by atoms with Crippen LogP contribution in [0.4, 0.5) is 0 Å². The predicted octanol–water partition coefficient (Wildman–Crippen LogP) is 9.95. The number of carboxylic acids is 2. The minimum Gasteiger partial charge on any atom is -0.550 e. The number of aliphatic hydroxyl groups is 2. The minimum absolute atomic E-state index is 0. The number of rotatable bonds is 38. The molecule has 0 saturated carbocycles. The van der Waals surface area contributed by atoms with Crippen LogP contribution in [-0.4, -0.2) is 95.4 Å². The van der Waals surface area contributed by atoms with Crippen molar-refractivity contribution >= 4 is 60.8 Å². The summed E-state index contributed by atoms with van der Waals surface area (Å²) in [5, 5.41) is 40.4. The number of unbranched alkanes of at least 4 members (excludes halogenated alkanes) is 14. The fourth-order valence-corrected chi connectivity index (χ4v) is 7.22. The Balaban J connectivity index is 0.00000112. The molecule has 0 aromatic heterocycles. The van der Waals surface area contributed by atoms with Gasteiger partial charge in [0.2, 0.25) is 0 Å². The Labute approximate surface area is 400 Å². The van der Waals surface area contributed by atoms with Gasteiger partial charge in [0.25, 0.3) is 0 Å². The second kappa shape index (κ2) is 42.1. The monoisotopic (exact) mass is 949 g/mol. The topological polar surface area (TPSA) is 139 Å². The Morgan fingerprint density at radius 1 is 0.458 bits per heavy atom. The number of hydrogen-bond donors (Lipinski definition) is 2. The summed E-state index contributed by atoms with van der Waals surface area (Å²) in [6.07, 6.45) is 27.4. The van der Waals surface area contributed by atoms with Gasteiger partial charge in [-0.2, -0.15) is 0 Å². The van der Waals surface area contributed by atoms with Crippen molar-refractivity contribution in [3.05, 3.63) is 71.8 Å². The second-order valence-electron chi connectivity index (χ2n) is 16.4. The summed E-state index contributed by atoms with van der Waals surface area (Å²) in [6, 6.07) is 20.7. The van der Waals surface area contributed by atoms with Gasteiger partial charge < -0.3 is 39.5 Å². The summed E-state index contributed by atoms with van der Waals surface area (Å²) >= 11 is 0. The second-order valence-corrected chi connectivity index (χ2v) is 16.4. The zero-order valence-electron chi connectivity index (χ0n) is 37.3. The molecule has 9 heteroatoms. The number of aliphatic carboxylic acids is 2. The van der Waals surface area contributed by atoms with Gasteiger partial charge in [-0.1, -0.05) is 190 Å². The maximum atomic E-state index is 10.4. The van der Waals surface area contributed by atoms with Gasteiger partial charge in [0.15, 0.2) is 0 Å². The molecule has 4 unspecified atom stereocenters. The molecule has 0 aliphatic carbocycles. The smallest absolute Gasteiger partial charge is 0.550 e. The summed E-state index contributed by atoms with van der Waals surface area (Å²) in [5.74, 6) is -2.17. The molecule has 0 aliphatic rings. The number of aliphatic hydroxyl groups excluding tert-OH is 2. The number of carbonyl (C=O) groups is 2. The van der Waals surface area contributed by atoms with E-state index >= 15 is 0 Å². The van der Waals surface area contributed by atoms with Crippen LogP contribution in [0.15, 0.2) is 60.7 Å². The molecule has 2 aromatic rings. The minimum atomic E-state index is -1.08. The fraction of sp³-hybridized carbons (Fsp3) is 0.720. The SMILES string of the molecule is CCCCCCCC(CCCCCCC(O)CCC(=O)[O-])OCc1ccccc1.CCCCCCCC(CCCCCCC(O)CCC(=O)[O-])OCc1ccccc1.[Ba+2]. The predicted molar refractivity (Wildman–Crippen MR) is 238 cm³/mol. The van der Waals surface area contributed by atoms with Crippen LogP contribution in [-0.2, 0) is 32.3 Å². The molecular weight excluding hydrogens is 866 g/mol. The van der Waals surface area contributed by atoms with Crippen LogP contribution in [0.25, 0.3) is 0 Å². The molecule has 0 bridgehead atoms. The molecule has 2 N–H and O–H groups in total. The van der Waals surface area contributed by atoms with Gasteiger partial charge in [0, 0.05) is 11.9 Å². The van der Waals surface area contributed by atoms with Crippen molar-refractivity contribution in [2.24, 2.45) is 0 Å². The van der Waals surface area contributed by atoms with Crippen molar-refractivity contribution in [3.63, 3.8) is 0 Å². The first-order valence-corrected chi connectivity index (χ1v) is 23.3. The Hall–Kier alpha value is -1.21. The van der Waals surface area contributed by atoms with Crippen molar-refractivity contribution in [1.82, 2.24) is 0 Å². The van der Waals surface area contributed by atoms with Gasteiger partial charge in [-0.25, -0.2) is 0 Å². The molecule has 59 heavy (non-hydrogen) atoms. The van der Waals surface area contributed by atoms with E-state index in [-0.39, 0.29) is 61.7 Å². The van der Waals surface area contributed by atoms with Crippen LogP contribution in [0.3, 0.4) is 0 Å². The fourth-order valence-electron chi connectivity index (χ4n) is 7.22. The first-order chi connectivity index (χ1) is 28.2. The molecule has 2 aromatic carbocycles.